The highest BCUT2D eigenvalue weighted by Gasteiger charge is 2.40. The van der Waals surface area contributed by atoms with Gasteiger partial charge in [-0.2, -0.15) is 0 Å². The van der Waals surface area contributed by atoms with E-state index in [-0.39, 0.29) is 29.6 Å². The number of esters is 1. The van der Waals surface area contributed by atoms with Gasteiger partial charge in [-0.05, 0) is 61.5 Å². The molecule has 1 aromatic heterocycles. The zero-order valence-corrected chi connectivity index (χ0v) is 19.6. The highest BCUT2D eigenvalue weighted by molar-refractivity contribution is 8.00. The van der Waals surface area contributed by atoms with Crippen molar-refractivity contribution < 1.29 is 28.7 Å². The van der Waals surface area contributed by atoms with Crippen LogP contribution in [0, 0.1) is 0 Å². The maximum Gasteiger partial charge on any atom is 0.338 e. The molecule has 3 aromatic rings. The first kappa shape index (κ1) is 24.1. The number of hydrogen-bond acceptors (Lipinski definition) is 9. The van der Waals surface area contributed by atoms with Crippen molar-refractivity contribution in [2.45, 2.75) is 23.8 Å². The summed E-state index contributed by atoms with van der Waals surface area (Å²) in [5, 5.41) is -0.207. The largest absolute Gasteiger partial charge is 0.494 e. The van der Waals surface area contributed by atoms with E-state index in [0.29, 0.717) is 28.8 Å². The average molecular weight is 492 g/mol. The van der Waals surface area contributed by atoms with Crippen LogP contribution in [-0.4, -0.2) is 52.0 Å². The van der Waals surface area contributed by atoms with Crippen LogP contribution in [-0.2, 0) is 14.3 Å². The zero-order chi connectivity index (χ0) is 24.8. The summed E-state index contributed by atoms with van der Waals surface area (Å²) in [6.07, 6.45) is 3.16. The Kier molecular flexibility index (Phi) is 7.51. The molecule has 0 bridgehead atoms. The molecule has 1 unspecified atom stereocenters. The first-order valence-electron chi connectivity index (χ1n) is 10.8. The minimum absolute atomic E-state index is 0.0270. The van der Waals surface area contributed by atoms with Crippen molar-refractivity contribution in [2.24, 2.45) is 0 Å². The number of amides is 2. The van der Waals surface area contributed by atoms with Gasteiger partial charge in [0, 0.05) is 24.4 Å². The van der Waals surface area contributed by atoms with Gasteiger partial charge in [0.1, 0.15) is 11.0 Å². The highest BCUT2D eigenvalue weighted by atomic mass is 32.2. The van der Waals surface area contributed by atoms with Crippen molar-refractivity contribution in [3.8, 4) is 5.75 Å². The van der Waals surface area contributed by atoms with Crippen LogP contribution in [0.25, 0.3) is 0 Å². The number of imide groups is 1. The molecule has 1 aliphatic heterocycles. The Morgan fingerprint density at radius 1 is 1.00 bits per heavy atom. The molecule has 1 atom stereocenters. The standard InChI is InChI=1S/C25H21N3O6S/c1-2-33-19-10-6-16(7-11-19)20(29)15-34-24(32)17-4-8-18(9-5-17)28-22(30)14-21(23(28)31)35-25-26-12-3-13-27-25/h3-13,21H,2,14-15H2,1H3. The minimum atomic E-state index is -0.690. The molecule has 0 aliphatic carbocycles. The first-order chi connectivity index (χ1) is 17.0. The molecule has 0 spiro atoms. The van der Waals surface area contributed by atoms with Gasteiger partial charge >= 0.3 is 5.97 Å². The van der Waals surface area contributed by atoms with Crippen LogP contribution in [0.1, 0.15) is 34.1 Å². The van der Waals surface area contributed by atoms with E-state index in [1.54, 1.807) is 42.7 Å². The molecule has 4 rings (SSSR count). The Hall–Kier alpha value is -4.05. The Morgan fingerprint density at radius 3 is 2.31 bits per heavy atom. The van der Waals surface area contributed by atoms with Crippen LogP contribution in [0.5, 0.6) is 5.75 Å². The number of anilines is 1. The van der Waals surface area contributed by atoms with Crippen molar-refractivity contribution in [3.63, 3.8) is 0 Å². The lowest BCUT2D eigenvalue weighted by molar-refractivity contribution is -0.121. The highest BCUT2D eigenvalue weighted by Crippen LogP contribution is 2.32. The SMILES string of the molecule is CCOc1ccc(C(=O)COC(=O)c2ccc(N3C(=O)CC(Sc4ncccn4)C3=O)cc2)cc1. The summed E-state index contributed by atoms with van der Waals surface area (Å²) in [5.41, 5.74) is 0.936. The van der Waals surface area contributed by atoms with Crippen LogP contribution < -0.4 is 9.64 Å². The Morgan fingerprint density at radius 2 is 1.66 bits per heavy atom. The normalized spacial score (nSPS) is 15.2. The number of rotatable bonds is 9. The summed E-state index contributed by atoms with van der Waals surface area (Å²) >= 11 is 1.13. The summed E-state index contributed by atoms with van der Waals surface area (Å²) in [7, 11) is 0. The number of carbonyl (C=O) groups is 4. The van der Waals surface area contributed by atoms with Gasteiger partial charge in [-0.25, -0.2) is 19.7 Å². The van der Waals surface area contributed by atoms with E-state index in [9.17, 15) is 19.2 Å². The third-order valence-electron chi connectivity index (χ3n) is 5.08. The molecule has 2 aromatic carbocycles. The van der Waals surface area contributed by atoms with E-state index in [1.807, 2.05) is 6.92 Å². The van der Waals surface area contributed by atoms with Gasteiger partial charge in [-0.1, -0.05) is 11.8 Å². The van der Waals surface area contributed by atoms with Crippen molar-refractivity contribution in [1.82, 2.24) is 9.97 Å². The van der Waals surface area contributed by atoms with Gasteiger partial charge in [0.05, 0.1) is 17.9 Å². The fourth-order valence-electron chi connectivity index (χ4n) is 3.39. The van der Waals surface area contributed by atoms with Gasteiger partial charge in [0.2, 0.25) is 11.8 Å². The molecule has 1 aliphatic rings. The molecule has 178 valence electrons. The van der Waals surface area contributed by atoms with Crippen molar-refractivity contribution in [1.29, 1.82) is 0 Å². The van der Waals surface area contributed by atoms with Gasteiger partial charge in [0.25, 0.3) is 0 Å². The third-order valence-corrected chi connectivity index (χ3v) is 6.15. The number of Topliss-reactive ketones (excluding diaryl/α,β-unsaturated/α-hetero) is 1. The summed E-state index contributed by atoms with van der Waals surface area (Å²) in [5.74, 6) is -1.11. The topological polar surface area (TPSA) is 116 Å². The second-order valence-electron chi connectivity index (χ2n) is 7.41. The van der Waals surface area contributed by atoms with Gasteiger partial charge in [0.15, 0.2) is 17.5 Å². The molecule has 0 radical (unpaired) electrons. The lowest BCUT2D eigenvalue weighted by Gasteiger charge is -2.15. The lowest BCUT2D eigenvalue weighted by atomic mass is 10.1. The molecule has 1 saturated heterocycles. The Balaban J connectivity index is 1.34. The summed E-state index contributed by atoms with van der Waals surface area (Å²) in [6.45, 7) is 1.97. The van der Waals surface area contributed by atoms with Crippen LogP contribution in [0.4, 0.5) is 5.69 Å². The molecule has 0 saturated carbocycles. The second kappa shape index (κ2) is 10.9. The van der Waals surface area contributed by atoms with E-state index < -0.39 is 17.8 Å². The van der Waals surface area contributed by atoms with Gasteiger partial charge in [-0.3, -0.25) is 14.4 Å². The molecule has 35 heavy (non-hydrogen) atoms. The maximum absolute atomic E-state index is 12.8. The summed E-state index contributed by atoms with van der Waals surface area (Å²) in [4.78, 5) is 59.2. The van der Waals surface area contributed by atoms with E-state index >= 15 is 0 Å². The predicted octanol–water partition coefficient (Wildman–Crippen LogP) is 3.34. The molecular weight excluding hydrogens is 470 g/mol. The summed E-state index contributed by atoms with van der Waals surface area (Å²) < 4.78 is 10.5. The molecule has 10 heteroatoms. The van der Waals surface area contributed by atoms with Crippen LogP contribution >= 0.6 is 11.8 Å². The number of carbonyl (C=O) groups excluding carboxylic acids is 4. The van der Waals surface area contributed by atoms with Crippen molar-refractivity contribution in [2.75, 3.05) is 18.1 Å². The molecule has 0 N–H and O–H groups in total. The zero-order valence-electron chi connectivity index (χ0n) is 18.7. The summed E-state index contributed by atoms with van der Waals surface area (Å²) in [6, 6.07) is 14.1. The molecule has 9 nitrogen and oxygen atoms in total. The first-order valence-corrected chi connectivity index (χ1v) is 11.7. The van der Waals surface area contributed by atoms with Crippen molar-refractivity contribution in [3.05, 3.63) is 78.1 Å². The van der Waals surface area contributed by atoms with Crippen LogP contribution in [0.15, 0.2) is 72.1 Å². The minimum Gasteiger partial charge on any atom is -0.494 e. The lowest BCUT2D eigenvalue weighted by Crippen LogP contribution is -2.31. The van der Waals surface area contributed by atoms with Gasteiger partial charge in [-0.15, -0.1) is 0 Å². The molecule has 2 amide bonds. The number of aromatic nitrogens is 2. The fraction of sp³-hybridized carbons (Fsp3) is 0.200. The fourth-order valence-corrected chi connectivity index (χ4v) is 4.32. The van der Waals surface area contributed by atoms with E-state index in [4.69, 9.17) is 9.47 Å². The third kappa shape index (κ3) is 5.72. The van der Waals surface area contributed by atoms with Crippen LogP contribution in [0.2, 0.25) is 0 Å². The van der Waals surface area contributed by atoms with E-state index in [0.717, 1.165) is 16.7 Å². The Bertz CT molecular complexity index is 1230. The number of benzene rings is 2. The maximum atomic E-state index is 12.8. The molecule has 1 fully saturated rings. The molecular formula is C25H21N3O6S. The second-order valence-corrected chi connectivity index (χ2v) is 8.58. The smallest absolute Gasteiger partial charge is 0.338 e. The monoisotopic (exact) mass is 491 g/mol. The Labute approximate surface area is 205 Å². The number of nitrogens with zero attached hydrogens (tertiary/aromatic N) is 3. The van der Waals surface area contributed by atoms with Crippen LogP contribution in [0.3, 0.4) is 0 Å². The molecule has 2 heterocycles. The average Bonchev–Trinajstić information content (AvgIpc) is 3.16. The number of hydrogen-bond donors (Lipinski definition) is 0. The number of ether oxygens (including phenoxy) is 2. The number of thioether (sulfide) groups is 1. The van der Waals surface area contributed by atoms with Gasteiger partial charge < -0.3 is 9.47 Å². The van der Waals surface area contributed by atoms with E-state index in [1.165, 1.54) is 24.3 Å². The van der Waals surface area contributed by atoms with E-state index in [2.05, 4.69) is 9.97 Å². The quantitative estimate of drug-likeness (QED) is 0.192. The predicted molar refractivity (Wildman–Crippen MR) is 127 cm³/mol. The number of ketones is 1. The van der Waals surface area contributed by atoms with Crippen molar-refractivity contribution >= 4 is 41.0 Å².